The van der Waals surface area contributed by atoms with Gasteiger partial charge in [0.1, 0.15) is 5.82 Å². The Morgan fingerprint density at radius 1 is 0.950 bits per heavy atom. The molecule has 3 N–H and O–H groups in total. The number of alkyl halides is 6. The summed E-state index contributed by atoms with van der Waals surface area (Å²) in [5, 5.41) is 14.3. The number of rotatable bonds is 8. The van der Waals surface area contributed by atoms with Gasteiger partial charge in [0.25, 0.3) is 11.5 Å². The molecular weight excluding hydrogens is 553 g/mol. The molecule has 0 atom stereocenters. The van der Waals surface area contributed by atoms with Crippen LogP contribution in [0.1, 0.15) is 21.5 Å². The molecule has 40 heavy (non-hydrogen) atoms. The number of anilines is 1. The second-order valence-electron chi connectivity index (χ2n) is 9.04. The molecule has 15 heteroatoms. The Morgan fingerprint density at radius 2 is 1.55 bits per heavy atom. The predicted octanol–water partition coefficient (Wildman–Crippen LogP) is 3.86. The van der Waals surface area contributed by atoms with Gasteiger partial charge in [-0.15, -0.1) is 0 Å². The molecule has 220 valence electrons. The number of hydrogen-bond acceptors (Lipinski definition) is 5. The topological polar surface area (TPSA) is 94.1 Å². The summed E-state index contributed by atoms with van der Waals surface area (Å²) >= 11 is 0. The van der Waals surface area contributed by atoms with Crippen LogP contribution in [0.3, 0.4) is 0 Å². The Kier molecular flexibility index (Phi) is 9.64. The standard InChI is InChI=1S/C25H27F7N4O4/c1-40-13-8-33-22(38)34-20-7-4-17(14-19(20)26)21(37)36-11-9-35(10-12-36)15-16-2-5-18(6-3-16)23(39,24(27,28)29)25(30,31)32/h2-7,14,39H,8-13,15H2,1H3,(H2,33,34,38). The molecule has 1 aliphatic heterocycles. The molecule has 3 amide bonds. The highest BCUT2D eigenvalue weighted by Gasteiger charge is 2.71. The molecule has 1 fully saturated rings. The highest BCUT2D eigenvalue weighted by Crippen LogP contribution is 2.49. The van der Waals surface area contributed by atoms with Gasteiger partial charge in [0.05, 0.1) is 12.3 Å². The van der Waals surface area contributed by atoms with E-state index in [0.29, 0.717) is 30.8 Å². The molecule has 0 bridgehead atoms. The lowest BCUT2D eigenvalue weighted by molar-refractivity contribution is -0.376. The van der Waals surface area contributed by atoms with Gasteiger partial charge >= 0.3 is 18.4 Å². The molecule has 0 saturated carbocycles. The maximum absolute atomic E-state index is 14.5. The summed E-state index contributed by atoms with van der Waals surface area (Å²) in [4.78, 5) is 27.9. The van der Waals surface area contributed by atoms with Crippen molar-refractivity contribution in [2.75, 3.05) is 51.8 Å². The minimum atomic E-state index is -5.96. The van der Waals surface area contributed by atoms with Gasteiger partial charge in [-0.1, -0.05) is 24.3 Å². The first-order valence-electron chi connectivity index (χ1n) is 12.0. The van der Waals surface area contributed by atoms with Crippen LogP contribution in [0.5, 0.6) is 0 Å². The van der Waals surface area contributed by atoms with E-state index in [4.69, 9.17) is 4.74 Å². The number of nitrogens with one attached hydrogen (secondary N) is 2. The van der Waals surface area contributed by atoms with E-state index in [2.05, 4.69) is 10.6 Å². The van der Waals surface area contributed by atoms with Gasteiger partial charge in [-0.25, -0.2) is 9.18 Å². The minimum absolute atomic E-state index is 0.0636. The molecule has 2 aromatic carbocycles. The number of carbonyl (C=O) groups is 2. The van der Waals surface area contributed by atoms with E-state index >= 15 is 0 Å². The first-order chi connectivity index (χ1) is 18.7. The van der Waals surface area contributed by atoms with Crippen molar-refractivity contribution in [3.05, 3.63) is 65.0 Å². The number of hydrogen-bond donors (Lipinski definition) is 3. The zero-order valence-corrected chi connectivity index (χ0v) is 21.2. The molecule has 1 heterocycles. The Bertz CT molecular complexity index is 1170. The fourth-order valence-corrected chi connectivity index (χ4v) is 4.07. The number of nitrogens with zero attached hydrogens (tertiary/aromatic N) is 2. The van der Waals surface area contributed by atoms with Gasteiger partial charge in [0.15, 0.2) is 0 Å². The Morgan fingerprint density at radius 3 is 2.08 bits per heavy atom. The van der Waals surface area contributed by atoms with Gasteiger partial charge in [-0.3, -0.25) is 9.69 Å². The molecule has 3 rings (SSSR count). The molecule has 0 spiro atoms. The first-order valence-corrected chi connectivity index (χ1v) is 12.0. The molecule has 1 aliphatic rings. The Labute approximate surface area is 224 Å². The van der Waals surface area contributed by atoms with Crippen LogP contribution >= 0.6 is 0 Å². The quantitative estimate of drug-likeness (QED) is 0.326. The maximum atomic E-state index is 14.5. The van der Waals surface area contributed by atoms with E-state index in [1.807, 2.05) is 4.90 Å². The highest BCUT2D eigenvalue weighted by molar-refractivity contribution is 5.95. The maximum Gasteiger partial charge on any atom is 0.430 e. The van der Waals surface area contributed by atoms with Crippen molar-refractivity contribution in [3.8, 4) is 0 Å². The van der Waals surface area contributed by atoms with Crippen LogP contribution in [0.2, 0.25) is 0 Å². The molecule has 2 aromatic rings. The second-order valence-corrected chi connectivity index (χ2v) is 9.04. The number of carbonyl (C=O) groups excluding carboxylic acids is 2. The SMILES string of the molecule is COCCNC(=O)Nc1ccc(C(=O)N2CCN(Cc3ccc(C(O)(C(F)(F)F)C(F)(F)F)cc3)CC2)cc1F. The van der Waals surface area contributed by atoms with Crippen LogP contribution in [0.25, 0.3) is 0 Å². The van der Waals surface area contributed by atoms with Crippen LogP contribution in [0.4, 0.5) is 41.2 Å². The molecule has 0 aliphatic carbocycles. The number of methoxy groups -OCH3 is 1. The Hall–Kier alpha value is -3.43. The van der Waals surface area contributed by atoms with E-state index in [1.54, 1.807) is 0 Å². The lowest BCUT2D eigenvalue weighted by atomic mass is 9.91. The number of amides is 3. The van der Waals surface area contributed by atoms with Crippen LogP contribution in [-0.2, 0) is 16.9 Å². The second kappa shape index (κ2) is 12.4. The summed E-state index contributed by atoms with van der Waals surface area (Å²) < 4.78 is 97.7. The van der Waals surface area contributed by atoms with E-state index in [0.717, 1.165) is 18.2 Å². The number of piperazine rings is 1. The minimum Gasteiger partial charge on any atom is -0.383 e. The molecule has 0 radical (unpaired) electrons. The zero-order valence-electron chi connectivity index (χ0n) is 21.2. The molecule has 8 nitrogen and oxygen atoms in total. The Balaban J connectivity index is 1.56. The predicted molar refractivity (Wildman–Crippen MR) is 129 cm³/mol. The largest absolute Gasteiger partial charge is 0.430 e. The molecule has 0 unspecified atom stereocenters. The number of benzene rings is 2. The molecular formula is C25H27F7N4O4. The number of aliphatic hydroxyl groups is 1. The average Bonchev–Trinajstić information content (AvgIpc) is 2.89. The van der Waals surface area contributed by atoms with Crippen molar-refractivity contribution < 1.29 is 50.2 Å². The highest BCUT2D eigenvalue weighted by atomic mass is 19.4. The summed E-state index contributed by atoms with van der Waals surface area (Å²) in [6.45, 7) is 1.83. The summed E-state index contributed by atoms with van der Waals surface area (Å²) in [6, 6.07) is 6.32. The van der Waals surface area contributed by atoms with Gasteiger partial charge in [0.2, 0.25) is 0 Å². The van der Waals surface area contributed by atoms with Crippen LogP contribution in [0, 0.1) is 5.82 Å². The van der Waals surface area contributed by atoms with Crippen molar-refractivity contribution in [1.29, 1.82) is 0 Å². The molecule has 0 aromatic heterocycles. The van der Waals surface area contributed by atoms with Crippen molar-refractivity contribution in [1.82, 2.24) is 15.1 Å². The van der Waals surface area contributed by atoms with Gasteiger partial charge in [-0.05, 0) is 23.8 Å². The fraction of sp³-hybridized carbons (Fsp3) is 0.440. The van der Waals surface area contributed by atoms with Crippen molar-refractivity contribution in [2.45, 2.75) is 24.5 Å². The number of halogens is 7. The van der Waals surface area contributed by atoms with Gasteiger partial charge in [0, 0.05) is 57.5 Å². The number of urea groups is 1. The third-order valence-electron chi connectivity index (χ3n) is 6.31. The van der Waals surface area contributed by atoms with Crippen molar-refractivity contribution in [3.63, 3.8) is 0 Å². The lowest BCUT2D eigenvalue weighted by Crippen LogP contribution is -2.53. The van der Waals surface area contributed by atoms with Crippen molar-refractivity contribution in [2.24, 2.45) is 0 Å². The monoisotopic (exact) mass is 580 g/mol. The van der Waals surface area contributed by atoms with Crippen molar-refractivity contribution >= 4 is 17.6 Å². The van der Waals surface area contributed by atoms with E-state index in [1.165, 1.54) is 24.1 Å². The van der Waals surface area contributed by atoms with Gasteiger partial charge < -0.3 is 25.4 Å². The summed E-state index contributed by atoms with van der Waals surface area (Å²) in [7, 11) is 1.46. The zero-order chi connectivity index (χ0) is 29.7. The average molecular weight is 581 g/mol. The summed E-state index contributed by atoms with van der Waals surface area (Å²) in [5.74, 6) is -1.25. The van der Waals surface area contributed by atoms with Crippen LogP contribution < -0.4 is 10.6 Å². The third kappa shape index (κ3) is 7.01. The molecule has 1 saturated heterocycles. The smallest absolute Gasteiger partial charge is 0.383 e. The fourth-order valence-electron chi connectivity index (χ4n) is 4.07. The van der Waals surface area contributed by atoms with E-state index in [-0.39, 0.29) is 44.0 Å². The number of ether oxygens (including phenoxy) is 1. The van der Waals surface area contributed by atoms with E-state index in [9.17, 15) is 45.4 Å². The normalized spacial score (nSPS) is 15.2. The van der Waals surface area contributed by atoms with E-state index < -0.39 is 41.3 Å². The van der Waals surface area contributed by atoms with Gasteiger partial charge in [-0.2, -0.15) is 26.3 Å². The summed E-state index contributed by atoms with van der Waals surface area (Å²) in [5.41, 5.74) is -5.98. The third-order valence-corrected chi connectivity index (χ3v) is 6.31. The first kappa shape index (κ1) is 31.1. The lowest BCUT2D eigenvalue weighted by Gasteiger charge is -2.35. The summed E-state index contributed by atoms with van der Waals surface area (Å²) in [6.07, 6.45) is -11.9. The van der Waals surface area contributed by atoms with Crippen LogP contribution in [-0.4, -0.2) is 85.6 Å². The van der Waals surface area contributed by atoms with Crippen LogP contribution in [0.15, 0.2) is 42.5 Å².